The highest BCUT2D eigenvalue weighted by Gasteiger charge is 2.16. The third-order valence-electron chi connectivity index (χ3n) is 1.48. The summed E-state index contributed by atoms with van der Waals surface area (Å²) in [5.74, 6) is 0.245. The summed E-state index contributed by atoms with van der Waals surface area (Å²) in [6, 6.07) is 4.34. The van der Waals surface area contributed by atoms with Crippen molar-refractivity contribution in [3.05, 3.63) is 33.3 Å². The van der Waals surface area contributed by atoms with E-state index in [1.54, 1.807) is 19.9 Å². The van der Waals surface area contributed by atoms with Gasteiger partial charge in [-0.2, -0.15) is 0 Å². The van der Waals surface area contributed by atoms with Gasteiger partial charge in [0.05, 0.1) is 11.0 Å². The molecule has 0 bridgehead atoms. The maximum atomic E-state index is 10.6. The molecule has 0 aliphatic rings. The number of nitro benzene ring substituents is 1. The fourth-order valence-corrected chi connectivity index (χ4v) is 1.15. The van der Waals surface area contributed by atoms with Crippen LogP contribution in [0, 0.1) is 10.1 Å². The van der Waals surface area contributed by atoms with Gasteiger partial charge in [0.25, 0.3) is 0 Å². The lowest BCUT2D eigenvalue weighted by Gasteiger charge is -2.09. The molecule has 0 aromatic heterocycles. The Kier molecular flexibility index (Phi) is 3.30. The van der Waals surface area contributed by atoms with Gasteiger partial charge in [-0.15, -0.1) is 0 Å². The largest absolute Gasteiger partial charge is 0.484 e. The van der Waals surface area contributed by atoms with Crippen molar-refractivity contribution in [2.45, 2.75) is 20.0 Å². The molecule has 4 nitrogen and oxygen atoms in total. The summed E-state index contributed by atoms with van der Waals surface area (Å²) in [5, 5.41) is 10.9. The molecule has 0 N–H and O–H groups in total. The van der Waals surface area contributed by atoms with E-state index in [-0.39, 0.29) is 17.5 Å². The van der Waals surface area contributed by atoms with Gasteiger partial charge in [0.15, 0.2) is 5.75 Å². The lowest BCUT2D eigenvalue weighted by Crippen LogP contribution is -2.07. The van der Waals surface area contributed by atoms with Crippen molar-refractivity contribution in [3.8, 4) is 5.75 Å². The van der Waals surface area contributed by atoms with Crippen molar-refractivity contribution in [3.63, 3.8) is 0 Å². The van der Waals surface area contributed by atoms with Crippen molar-refractivity contribution in [2.75, 3.05) is 0 Å². The molecule has 0 fully saturated rings. The average Bonchev–Trinajstić information content (AvgIpc) is 2.07. The van der Waals surface area contributed by atoms with Crippen molar-refractivity contribution >= 4 is 17.3 Å². The fraction of sp³-hybridized carbons (Fsp3) is 0.333. The first-order chi connectivity index (χ1) is 6.50. The van der Waals surface area contributed by atoms with Gasteiger partial charge in [-0.25, -0.2) is 0 Å². The number of hydrogen-bond acceptors (Lipinski definition) is 3. The minimum atomic E-state index is -0.510. The van der Waals surface area contributed by atoms with Crippen LogP contribution in [0.3, 0.4) is 0 Å². The Morgan fingerprint density at radius 2 is 2.14 bits per heavy atom. The lowest BCUT2D eigenvalue weighted by molar-refractivity contribution is -0.386. The van der Waals surface area contributed by atoms with Gasteiger partial charge >= 0.3 is 5.69 Å². The zero-order chi connectivity index (χ0) is 10.7. The molecule has 1 aromatic carbocycles. The van der Waals surface area contributed by atoms with Gasteiger partial charge in [-0.3, -0.25) is 10.1 Å². The molecule has 1 aromatic rings. The third kappa shape index (κ3) is 2.60. The van der Waals surface area contributed by atoms with Crippen molar-refractivity contribution < 1.29 is 9.66 Å². The maximum absolute atomic E-state index is 10.6. The number of rotatable bonds is 3. The molecular formula is C9H10ClNO3. The minimum absolute atomic E-state index is 0.102. The Morgan fingerprint density at radius 3 is 2.64 bits per heavy atom. The van der Waals surface area contributed by atoms with Crippen LogP contribution in [0.25, 0.3) is 0 Å². The molecule has 0 saturated carbocycles. The summed E-state index contributed by atoms with van der Waals surface area (Å²) >= 11 is 5.64. The van der Waals surface area contributed by atoms with Gasteiger partial charge in [-0.1, -0.05) is 11.6 Å². The molecule has 0 spiro atoms. The number of benzene rings is 1. The SMILES string of the molecule is CC(C)Oc1ccc(Cl)cc1[N+](=O)[O-]. The standard InChI is InChI=1S/C9H10ClNO3/c1-6(2)14-9-4-3-7(10)5-8(9)11(12)13/h3-6H,1-2H3. The highest BCUT2D eigenvalue weighted by molar-refractivity contribution is 6.30. The summed E-state index contributed by atoms with van der Waals surface area (Å²) in [7, 11) is 0. The van der Waals surface area contributed by atoms with Gasteiger partial charge in [0.1, 0.15) is 0 Å². The molecule has 0 atom stereocenters. The van der Waals surface area contributed by atoms with Gasteiger partial charge in [0, 0.05) is 11.1 Å². The number of nitrogens with zero attached hydrogens (tertiary/aromatic N) is 1. The first-order valence-corrected chi connectivity index (χ1v) is 4.49. The second-order valence-corrected chi connectivity index (χ2v) is 3.47. The van der Waals surface area contributed by atoms with Crippen molar-refractivity contribution in [2.24, 2.45) is 0 Å². The van der Waals surface area contributed by atoms with E-state index < -0.39 is 4.92 Å². The summed E-state index contributed by atoms with van der Waals surface area (Å²) in [5.41, 5.74) is -0.105. The van der Waals surface area contributed by atoms with E-state index in [2.05, 4.69) is 0 Å². The number of ether oxygens (including phenoxy) is 1. The van der Waals surface area contributed by atoms with Crippen molar-refractivity contribution in [1.29, 1.82) is 0 Å². The zero-order valence-corrected chi connectivity index (χ0v) is 8.62. The molecule has 76 valence electrons. The molecular weight excluding hydrogens is 206 g/mol. The van der Waals surface area contributed by atoms with Crippen LogP contribution in [0.5, 0.6) is 5.75 Å². The first kappa shape index (κ1) is 10.8. The highest BCUT2D eigenvalue weighted by Crippen LogP contribution is 2.30. The Balaban J connectivity index is 3.08. The molecule has 14 heavy (non-hydrogen) atoms. The number of hydrogen-bond donors (Lipinski definition) is 0. The first-order valence-electron chi connectivity index (χ1n) is 4.11. The zero-order valence-electron chi connectivity index (χ0n) is 7.86. The minimum Gasteiger partial charge on any atom is -0.484 e. The quantitative estimate of drug-likeness (QED) is 0.575. The van der Waals surface area contributed by atoms with E-state index in [9.17, 15) is 10.1 Å². The Bertz CT molecular complexity index is 352. The molecule has 5 heteroatoms. The van der Waals surface area contributed by atoms with E-state index in [1.807, 2.05) is 0 Å². The molecule has 1 rings (SSSR count). The fourth-order valence-electron chi connectivity index (χ4n) is 0.987. The van der Waals surface area contributed by atoms with Crippen LogP contribution in [0.4, 0.5) is 5.69 Å². The number of nitro groups is 1. The van der Waals surface area contributed by atoms with Crippen LogP contribution < -0.4 is 4.74 Å². The Hall–Kier alpha value is -1.29. The van der Waals surface area contributed by atoms with Crippen LogP contribution in [0.15, 0.2) is 18.2 Å². The smallest absolute Gasteiger partial charge is 0.312 e. The number of halogens is 1. The van der Waals surface area contributed by atoms with Gasteiger partial charge in [-0.05, 0) is 26.0 Å². The van der Waals surface area contributed by atoms with E-state index in [0.717, 1.165) is 0 Å². The molecule has 0 saturated heterocycles. The molecule has 0 heterocycles. The van der Waals surface area contributed by atoms with E-state index in [4.69, 9.17) is 16.3 Å². The predicted molar refractivity (Wildman–Crippen MR) is 53.9 cm³/mol. The second-order valence-electron chi connectivity index (χ2n) is 3.04. The van der Waals surface area contributed by atoms with Crippen LogP contribution in [-0.4, -0.2) is 11.0 Å². The molecule has 0 amide bonds. The van der Waals surface area contributed by atoms with E-state index in [0.29, 0.717) is 5.02 Å². The average molecular weight is 216 g/mol. The van der Waals surface area contributed by atoms with E-state index >= 15 is 0 Å². The van der Waals surface area contributed by atoms with Crippen LogP contribution in [0.2, 0.25) is 5.02 Å². The monoisotopic (exact) mass is 215 g/mol. The predicted octanol–water partition coefficient (Wildman–Crippen LogP) is 3.04. The summed E-state index contributed by atoms with van der Waals surface area (Å²) in [6.07, 6.45) is -0.102. The highest BCUT2D eigenvalue weighted by atomic mass is 35.5. The Labute approximate surface area is 86.6 Å². The molecule has 0 unspecified atom stereocenters. The summed E-state index contributed by atoms with van der Waals surface area (Å²) in [4.78, 5) is 10.1. The molecule has 0 aliphatic carbocycles. The lowest BCUT2D eigenvalue weighted by atomic mass is 10.3. The van der Waals surface area contributed by atoms with Crippen LogP contribution in [-0.2, 0) is 0 Å². The van der Waals surface area contributed by atoms with Crippen molar-refractivity contribution in [1.82, 2.24) is 0 Å². The normalized spacial score (nSPS) is 10.3. The second kappa shape index (κ2) is 4.28. The Morgan fingerprint density at radius 1 is 1.50 bits per heavy atom. The topological polar surface area (TPSA) is 52.4 Å². The van der Waals surface area contributed by atoms with Crippen LogP contribution >= 0.6 is 11.6 Å². The maximum Gasteiger partial charge on any atom is 0.312 e. The van der Waals surface area contributed by atoms with Crippen LogP contribution in [0.1, 0.15) is 13.8 Å². The summed E-state index contributed by atoms with van der Waals surface area (Å²) < 4.78 is 5.26. The third-order valence-corrected chi connectivity index (χ3v) is 1.72. The molecule has 0 radical (unpaired) electrons. The van der Waals surface area contributed by atoms with Gasteiger partial charge in [0.2, 0.25) is 0 Å². The summed E-state index contributed by atoms with van der Waals surface area (Å²) in [6.45, 7) is 3.61. The van der Waals surface area contributed by atoms with Gasteiger partial charge < -0.3 is 4.74 Å². The van der Waals surface area contributed by atoms with E-state index in [1.165, 1.54) is 12.1 Å². The molecule has 0 aliphatic heterocycles.